The van der Waals surface area contributed by atoms with Gasteiger partial charge in [0.15, 0.2) is 0 Å². The third-order valence-corrected chi connectivity index (χ3v) is 8.60. The number of fused-ring (bicyclic) bond motifs is 1. The molecule has 6 rings (SSSR count). The molecular formula is C32H38Cl2N8. The summed E-state index contributed by atoms with van der Waals surface area (Å²) in [6.07, 6.45) is 8.33. The maximum Gasteiger partial charge on any atom is 0.103 e. The van der Waals surface area contributed by atoms with Gasteiger partial charge in [0, 0.05) is 60.2 Å². The average molecular weight is 607 g/mol. The average Bonchev–Trinajstić information content (AvgIpc) is 3.71. The molecule has 1 unspecified atom stereocenters. The summed E-state index contributed by atoms with van der Waals surface area (Å²) in [5, 5.41) is 20.6. The zero-order chi connectivity index (χ0) is 30.4. The lowest BCUT2D eigenvalue weighted by molar-refractivity contribution is 0.105. The standard InChI is InChI=1S/C32H38Cl2N8/c1-32(2,3)19-37-29-21(16-35)17-36-31-26(29)14-23(15-27(31)34)38-30(20-4-6-22(33)7-5-20)28-18-42(40-39-28)25-10-12-41(13-11-25)24-8-9-24/h4-7,14-15,17-18,24-25,30,38-40H,8-13,19H2,1-3H3,(H,36,37)/i30D. The molecule has 3 aliphatic rings. The Balaban J connectivity index is 1.35. The van der Waals surface area contributed by atoms with Crippen molar-refractivity contribution in [1.29, 1.82) is 5.26 Å². The summed E-state index contributed by atoms with van der Waals surface area (Å²) in [6.45, 7) is 9.24. The second kappa shape index (κ2) is 11.8. The third-order valence-electron chi connectivity index (χ3n) is 8.06. The van der Waals surface area contributed by atoms with Crippen LogP contribution < -0.4 is 21.6 Å². The number of benzene rings is 2. The Kier molecular flexibility index (Phi) is 7.76. The van der Waals surface area contributed by atoms with E-state index in [4.69, 9.17) is 23.2 Å². The van der Waals surface area contributed by atoms with Crippen LogP contribution in [-0.4, -0.2) is 46.6 Å². The van der Waals surface area contributed by atoms with Gasteiger partial charge in [-0.05, 0) is 60.9 Å². The monoisotopic (exact) mass is 605 g/mol. The van der Waals surface area contributed by atoms with Crippen molar-refractivity contribution < 1.29 is 1.37 Å². The van der Waals surface area contributed by atoms with Crippen LogP contribution >= 0.6 is 23.2 Å². The van der Waals surface area contributed by atoms with Crippen LogP contribution in [0.4, 0.5) is 11.4 Å². The molecular weight excluding hydrogens is 567 g/mol. The summed E-state index contributed by atoms with van der Waals surface area (Å²) in [5.41, 5.74) is 10.3. The number of hydrogen-bond acceptors (Lipinski definition) is 8. The molecule has 1 aliphatic carbocycles. The number of hydrogen-bond donors (Lipinski definition) is 4. The highest BCUT2D eigenvalue weighted by Crippen LogP contribution is 2.37. The molecule has 1 saturated carbocycles. The minimum Gasteiger partial charge on any atom is -0.383 e. The van der Waals surface area contributed by atoms with Crippen LogP contribution in [0.1, 0.15) is 65.0 Å². The van der Waals surface area contributed by atoms with Gasteiger partial charge in [-0.25, -0.2) is 0 Å². The molecule has 42 heavy (non-hydrogen) atoms. The smallest absolute Gasteiger partial charge is 0.103 e. The summed E-state index contributed by atoms with van der Waals surface area (Å²) in [5.74, 6) is 0. The van der Waals surface area contributed by atoms with E-state index in [-0.39, 0.29) is 5.41 Å². The number of likely N-dealkylation sites (tertiary alicyclic amines) is 1. The van der Waals surface area contributed by atoms with Gasteiger partial charge in [-0.1, -0.05) is 56.1 Å². The summed E-state index contributed by atoms with van der Waals surface area (Å²) >= 11 is 13.0. The predicted octanol–water partition coefficient (Wildman–Crippen LogP) is 6.82. The summed E-state index contributed by atoms with van der Waals surface area (Å²) in [7, 11) is 0. The number of anilines is 2. The van der Waals surface area contributed by atoms with Gasteiger partial charge in [-0.2, -0.15) is 5.26 Å². The Morgan fingerprint density at radius 2 is 1.86 bits per heavy atom. The van der Waals surface area contributed by atoms with Gasteiger partial charge in [0.25, 0.3) is 0 Å². The number of piperidine rings is 1. The fraction of sp³-hybridized carbons (Fsp3) is 0.438. The molecule has 4 N–H and O–H groups in total. The molecule has 2 aliphatic heterocycles. The van der Waals surface area contributed by atoms with Gasteiger partial charge in [0.05, 0.1) is 34.9 Å². The highest BCUT2D eigenvalue weighted by Gasteiger charge is 2.34. The van der Waals surface area contributed by atoms with Crippen molar-refractivity contribution in [3.8, 4) is 6.07 Å². The zero-order valence-electron chi connectivity index (χ0n) is 25.3. The largest absolute Gasteiger partial charge is 0.383 e. The summed E-state index contributed by atoms with van der Waals surface area (Å²) in [4.78, 5) is 7.10. The molecule has 0 radical (unpaired) electrons. The number of nitrogens with one attached hydrogen (secondary N) is 4. The van der Waals surface area contributed by atoms with Gasteiger partial charge < -0.3 is 21.0 Å². The number of aromatic nitrogens is 1. The number of nitriles is 1. The quantitative estimate of drug-likeness (QED) is 0.222. The van der Waals surface area contributed by atoms with Crippen LogP contribution in [0.5, 0.6) is 0 Å². The van der Waals surface area contributed by atoms with Gasteiger partial charge >= 0.3 is 0 Å². The Hall–Kier alpha value is -3.22. The van der Waals surface area contributed by atoms with E-state index < -0.39 is 6.02 Å². The van der Waals surface area contributed by atoms with Crippen LogP contribution in [0, 0.1) is 16.7 Å². The fourth-order valence-electron chi connectivity index (χ4n) is 5.64. The summed E-state index contributed by atoms with van der Waals surface area (Å²) in [6, 6.07) is 12.9. The second-order valence-corrected chi connectivity index (χ2v) is 13.5. The molecule has 10 heteroatoms. The number of pyridine rings is 1. The van der Waals surface area contributed by atoms with Gasteiger partial charge in [-0.3, -0.25) is 9.99 Å². The molecule has 3 heterocycles. The lowest BCUT2D eigenvalue weighted by Gasteiger charge is -2.36. The molecule has 1 saturated heterocycles. The molecule has 0 bridgehead atoms. The predicted molar refractivity (Wildman–Crippen MR) is 171 cm³/mol. The number of hydrazine groups is 2. The Morgan fingerprint density at radius 3 is 2.52 bits per heavy atom. The SMILES string of the molecule is [2H]C(Nc1cc(Cl)c2ncc(C#N)c(NCC(C)(C)C)c2c1)(C1=CN(C2CCN(C3CC3)CC2)NN1)c1ccc(Cl)cc1. The first-order valence-electron chi connectivity index (χ1n) is 15.1. The van der Waals surface area contributed by atoms with E-state index in [1.807, 2.05) is 24.4 Å². The maximum absolute atomic E-state index is 9.87. The zero-order valence-corrected chi connectivity index (χ0v) is 25.8. The molecule has 0 spiro atoms. The van der Waals surface area contributed by atoms with E-state index in [2.05, 4.69) is 63.3 Å². The molecule has 2 fully saturated rings. The highest BCUT2D eigenvalue weighted by molar-refractivity contribution is 6.36. The highest BCUT2D eigenvalue weighted by atomic mass is 35.5. The van der Waals surface area contributed by atoms with Crippen molar-refractivity contribution in [2.45, 2.75) is 64.6 Å². The van der Waals surface area contributed by atoms with Crippen molar-refractivity contribution in [1.82, 2.24) is 25.9 Å². The van der Waals surface area contributed by atoms with Crippen molar-refractivity contribution in [3.63, 3.8) is 0 Å². The van der Waals surface area contributed by atoms with E-state index in [1.54, 1.807) is 24.4 Å². The third kappa shape index (κ3) is 6.40. The molecule has 1 atom stereocenters. The molecule has 1 aromatic heterocycles. The molecule has 3 aromatic rings. The van der Waals surface area contributed by atoms with Gasteiger partial charge in [0.1, 0.15) is 6.07 Å². The Bertz CT molecular complexity index is 1570. The first-order valence-corrected chi connectivity index (χ1v) is 15.4. The normalized spacial score (nSPS) is 20.0. The Morgan fingerprint density at radius 1 is 1.12 bits per heavy atom. The lowest BCUT2D eigenvalue weighted by atomic mass is 9.96. The van der Waals surface area contributed by atoms with E-state index in [1.165, 1.54) is 12.8 Å². The molecule has 2 aromatic carbocycles. The van der Waals surface area contributed by atoms with Crippen LogP contribution in [0.25, 0.3) is 10.9 Å². The van der Waals surface area contributed by atoms with Crippen LogP contribution in [0.2, 0.25) is 10.0 Å². The van der Waals surface area contributed by atoms with E-state index in [0.29, 0.717) is 61.7 Å². The minimum atomic E-state index is -1.42. The first kappa shape index (κ1) is 27.6. The summed E-state index contributed by atoms with van der Waals surface area (Å²) < 4.78 is 9.85. The Labute approximate surface area is 259 Å². The van der Waals surface area contributed by atoms with Gasteiger partial charge in [-0.15, -0.1) is 5.53 Å². The van der Waals surface area contributed by atoms with Crippen LogP contribution in [-0.2, 0) is 0 Å². The fourth-order valence-corrected chi connectivity index (χ4v) is 6.03. The van der Waals surface area contributed by atoms with E-state index >= 15 is 0 Å². The van der Waals surface area contributed by atoms with E-state index in [0.717, 1.165) is 32.0 Å². The second-order valence-electron chi connectivity index (χ2n) is 12.6. The number of rotatable bonds is 8. The molecule has 220 valence electrons. The maximum atomic E-state index is 9.87. The van der Waals surface area contributed by atoms with Crippen molar-refractivity contribution in [2.75, 3.05) is 30.3 Å². The molecule has 8 nitrogen and oxygen atoms in total. The van der Waals surface area contributed by atoms with Gasteiger partial charge in [0.2, 0.25) is 0 Å². The molecule has 0 amide bonds. The van der Waals surface area contributed by atoms with Crippen molar-refractivity contribution in [2.24, 2.45) is 5.41 Å². The lowest BCUT2D eigenvalue weighted by Crippen LogP contribution is -2.49. The van der Waals surface area contributed by atoms with Crippen LogP contribution in [0.15, 0.2) is 54.5 Å². The first-order chi connectivity index (χ1) is 20.5. The topological polar surface area (TPSA) is 91.3 Å². The van der Waals surface area contributed by atoms with E-state index in [9.17, 15) is 6.63 Å². The number of halogens is 2. The number of nitrogens with zero attached hydrogens (tertiary/aromatic N) is 4. The van der Waals surface area contributed by atoms with Crippen molar-refractivity contribution >= 4 is 45.5 Å². The van der Waals surface area contributed by atoms with Crippen molar-refractivity contribution in [3.05, 3.63) is 75.7 Å². The van der Waals surface area contributed by atoms with Crippen LogP contribution in [0.3, 0.4) is 0 Å². The minimum absolute atomic E-state index is 0.0130.